The van der Waals surface area contributed by atoms with Crippen LogP contribution in [0.2, 0.25) is 0 Å². The summed E-state index contributed by atoms with van der Waals surface area (Å²) in [5, 5.41) is 12.0. The molecule has 0 saturated heterocycles. The van der Waals surface area contributed by atoms with Crippen LogP contribution in [-0.4, -0.2) is 32.0 Å². The van der Waals surface area contributed by atoms with E-state index in [1.807, 2.05) is 48.5 Å². The lowest BCUT2D eigenvalue weighted by atomic mass is 10.1. The fourth-order valence-electron chi connectivity index (χ4n) is 3.54. The van der Waals surface area contributed by atoms with E-state index in [2.05, 4.69) is 15.0 Å². The summed E-state index contributed by atoms with van der Waals surface area (Å²) < 4.78 is 12.7. The zero-order valence-corrected chi connectivity index (χ0v) is 16.2. The van der Waals surface area contributed by atoms with Crippen LogP contribution in [-0.2, 0) is 6.61 Å². The summed E-state index contributed by atoms with van der Waals surface area (Å²) in [4.78, 5) is 12.9. The van der Waals surface area contributed by atoms with Gasteiger partial charge in [0.25, 0.3) is 0 Å². The Balaban J connectivity index is 1.61. The molecule has 1 N–H and O–H groups in total. The van der Waals surface area contributed by atoms with E-state index in [0.717, 1.165) is 32.1 Å². The average Bonchev–Trinajstić information content (AvgIpc) is 3.14. The first-order valence-corrected chi connectivity index (χ1v) is 9.39. The molecule has 0 amide bonds. The Morgan fingerprint density at radius 1 is 0.967 bits per heavy atom. The van der Waals surface area contributed by atoms with E-state index in [9.17, 15) is 5.21 Å². The van der Waals surface area contributed by atoms with Crippen molar-refractivity contribution >= 4 is 21.8 Å². The van der Waals surface area contributed by atoms with Crippen LogP contribution in [0.4, 0.5) is 0 Å². The van der Waals surface area contributed by atoms with Gasteiger partial charge in [-0.2, -0.15) is 4.73 Å². The highest BCUT2D eigenvalue weighted by Gasteiger charge is 2.17. The Hall–Kier alpha value is -4.13. The van der Waals surface area contributed by atoms with E-state index in [4.69, 9.17) is 9.47 Å². The number of hydrogen-bond acceptors (Lipinski definition) is 6. The monoisotopic (exact) mass is 398 g/mol. The molecular formula is C23H18N4O3. The van der Waals surface area contributed by atoms with E-state index in [-0.39, 0.29) is 0 Å². The van der Waals surface area contributed by atoms with E-state index in [0.29, 0.717) is 29.3 Å². The van der Waals surface area contributed by atoms with Crippen LogP contribution in [0.15, 0.2) is 73.4 Å². The number of fused-ring (bicyclic) bond motifs is 2. The van der Waals surface area contributed by atoms with Gasteiger partial charge >= 0.3 is 0 Å². The van der Waals surface area contributed by atoms with Crippen molar-refractivity contribution in [1.82, 2.24) is 19.7 Å². The molecule has 0 fully saturated rings. The third kappa shape index (κ3) is 3.06. The third-order valence-electron chi connectivity index (χ3n) is 5.01. The molecule has 148 valence electrons. The van der Waals surface area contributed by atoms with E-state index < -0.39 is 0 Å². The number of pyridine rings is 1. The Morgan fingerprint density at radius 3 is 2.63 bits per heavy atom. The van der Waals surface area contributed by atoms with Crippen molar-refractivity contribution < 1.29 is 14.7 Å². The van der Waals surface area contributed by atoms with Gasteiger partial charge in [0.15, 0.2) is 11.5 Å². The number of benzene rings is 2. The van der Waals surface area contributed by atoms with Crippen LogP contribution in [0.25, 0.3) is 33.1 Å². The second-order valence-electron chi connectivity index (χ2n) is 6.79. The predicted molar refractivity (Wildman–Crippen MR) is 113 cm³/mol. The number of methoxy groups -OCH3 is 1. The summed E-state index contributed by atoms with van der Waals surface area (Å²) in [6, 6.07) is 15.1. The van der Waals surface area contributed by atoms with Gasteiger partial charge in [-0.05, 0) is 29.8 Å². The molecule has 0 atom stereocenters. The van der Waals surface area contributed by atoms with Gasteiger partial charge in [-0.3, -0.25) is 4.98 Å². The SMILES string of the molecule is COc1cc2c(-c3cn(O)c4ccccc34)ncnc2cc1OCc1ccncc1. The van der Waals surface area contributed by atoms with Gasteiger partial charge < -0.3 is 14.7 Å². The van der Waals surface area contributed by atoms with Gasteiger partial charge in [-0.25, -0.2) is 9.97 Å². The summed E-state index contributed by atoms with van der Waals surface area (Å²) >= 11 is 0. The summed E-state index contributed by atoms with van der Waals surface area (Å²) in [5.74, 6) is 1.18. The standard InChI is InChI=1S/C23H18N4O3/c1-29-21-10-17-19(11-22(21)30-13-15-6-8-24-9-7-15)25-14-26-23(17)18-12-27(28)20-5-3-2-4-16(18)20/h2-12,14,28H,13H2,1H3. The number of rotatable bonds is 5. The molecule has 0 unspecified atom stereocenters. The molecule has 0 spiro atoms. The first kappa shape index (κ1) is 17.9. The molecule has 0 radical (unpaired) electrons. The molecule has 0 bridgehead atoms. The van der Waals surface area contributed by atoms with Crippen LogP contribution < -0.4 is 9.47 Å². The summed E-state index contributed by atoms with van der Waals surface area (Å²) in [5.41, 5.74) is 3.96. The largest absolute Gasteiger partial charge is 0.493 e. The highest BCUT2D eigenvalue weighted by molar-refractivity contribution is 6.03. The van der Waals surface area contributed by atoms with Crippen LogP contribution in [0, 0.1) is 0 Å². The molecule has 7 heteroatoms. The van der Waals surface area contributed by atoms with Crippen LogP contribution in [0.1, 0.15) is 5.56 Å². The van der Waals surface area contributed by atoms with Crippen molar-refractivity contribution in [3.05, 3.63) is 79.0 Å². The highest BCUT2D eigenvalue weighted by atomic mass is 16.5. The van der Waals surface area contributed by atoms with E-state index in [1.165, 1.54) is 6.33 Å². The lowest BCUT2D eigenvalue weighted by molar-refractivity contribution is 0.200. The zero-order chi connectivity index (χ0) is 20.5. The number of aromatic nitrogens is 4. The quantitative estimate of drug-likeness (QED) is 0.440. The zero-order valence-electron chi connectivity index (χ0n) is 16.2. The lowest BCUT2D eigenvalue weighted by Crippen LogP contribution is -1.99. The maximum atomic E-state index is 10.3. The Kier molecular flexibility index (Phi) is 4.40. The molecule has 5 aromatic rings. The maximum Gasteiger partial charge on any atom is 0.163 e. The van der Waals surface area contributed by atoms with Crippen molar-refractivity contribution in [2.24, 2.45) is 0 Å². The average molecular weight is 398 g/mol. The molecule has 5 rings (SSSR count). The summed E-state index contributed by atoms with van der Waals surface area (Å²) in [6.07, 6.45) is 6.63. The fraction of sp³-hybridized carbons (Fsp3) is 0.0870. The molecule has 2 aromatic carbocycles. The molecule has 30 heavy (non-hydrogen) atoms. The van der Waals surface area contributed by atoms with Crippen LogP contribution in [0.5, 0.6) is 11.5 Å². The molecule has 0 saturated carbocycles. The van der Waals surface area contributed by atoms with Gasteiger partial charge in [-0.15, -0.1) is 0 Å². The highest BCUT2D eigenvalue weighted by Crippen LogP contribution is 2.38. The van der Waals surface area contributed by atoms with Crippen molar-refractivity contribution in [1.29, 1.82) is 0 Å². The molecule has 3 aromatic heterocycles. The maximum absolute atomic E-state index is 10.3. The predicted octanol–water partition coefficient (Wildman–Crippen LogP) is 4.47. The molecule has 7 nitrogen and oxygen atoms in total. The first-order chi connectivity index (χ1) is 14.7. The molecule has 0 aliphatic heterocycles. The second kappa shape index (κ2) is 7.36. The minimum absolute atomic E-state index is 0.389. The van der Waals surface area contributed by atoms with Crippen molar-refractivity contribution in [3.63, 3.8) is 0 Å². The number of nitrogens with zero attached hydrogens (tertiary/aromatic N) is 4. The number of ether oxygens (including phenoxy) is 2. The molecule has 0 aliphatic carbocycles. The Labute approximate surface area is 172 Å². The normalized spacial score (nSPS) is 11.1. The second-order valence-corrected chi connectivity index (χ2v) is 6.79. The van der Waals surface area contributed by atoms with Crippen molar-refractivity contribution in [2.75, 3.05) is 7.11 Å². The van der Waals surface area contributed by atoms with Gasteiger partial charge in [0, 0.05) is 34.8 Å². The summed E-state index contributed by atoms with van der Waals surface area (Å²) in [7, 11) is 1.60. The minimum atomic E-state index is 0.389. The fourth-order valence-corrected chi connectivity index (χ4v) is 3.54. The molecular weight excluding hydrogens is 380 g/mol. The van der Waals surface area contributed by atoms with Crippen LogP contribution >= 0.6 is 0 Å². The number of hydrogen-bond donors (Lipinski definition) is 1. The van der Waals surface area contributed by atoms with Crippen molar-refractivity contribution in [3.8, 4) is 22.8 Å². The Morgan fingerprint density at radius 2 is 1.80 bits per heavy atom. The summed E-state index contributed by atoms with van der Waals surface area (Å²) in [6.45, 7) is 0.389. The first-order valence-electron chi connectivity index (χ1n) is 9.39. The van der Waals surface area contributed by atoms with Gasteiger partial charge in [0.2, 0.25) is 0 Å². The number of para-hydroxylation sites is 1. The lowest BCUT2D eigenvalue weighted by Gasteiger charge is -2.13. The molecule has 3 heterocycles. The van der Waals surface area contributed by atoms with E-state index >= 15 is 0 Å². The molecule has 0 aliphatic rings. The van der Waals surface area contributed by atoms with Crippen molar-refractivity contribution in [2.45, 2.75) is 6.61 Å². The Bertz CT molecular complexity index is 1350. The third-order valence-corrected chi connectivity index (χ3v) is 5.01. The van der Waals surface area contributed by atoms with Gasteiger partial charge in [-0.1, -0.05) is 18.2 Å². The van der Waals surface area contributed by atoms with Gasteiger partial charge in [0.1, 0.15) is 12.9 Å². The minimum Gasteiger partial charge on any atom is -0.493 e. The van der Waals surface area contributed by atoms with Gasteiger partial charge in [0.05, 0.1) is 30.0 Å². The van der Waals surface area contributed by atoms with Crippen LogP contribution in [0.3, 0.4) is 0 Å². The topological polar surface area (TPSA) is 82.3 Å². The van der Waals surface area contributed by atoms with E-state index in [1.54, 1.807) is 25.7 Å². The smallest absolute Gasteiger partial charge is 0.163 e.